The highest BCUT2D eigenvalue weighted by Gasteiger charge is 2.30. The minimum absolute atomic E-state index is 0.104. The SMILES string of the molecule is CCCCCCCCCCCCC(=O)OC[C@H](COP(=O)(O)OC[C@H](O)COP(=O)(O)OC[C@@H](COC(=O)CCCCCCCCCCC(C)CC)OC(=O)CCCCCCCCCCCCCCC(C)C)OC(=O)CCCCCCCCCCC(C)C. The van der Waals surface area contributed by atoms with Gasteiger partial charge in [0.1, 0.15) is 19.3 Å². The molecule has 0 heterocycles. The predicted octanol–water partition coefficient (Wildman–Crippen LogP) is 19.5. The number of phosphoric acid groups is 2. The first kappa shape index (κ1) is 86.1. The van der Waals surface area contributed by atoms with Crippen LogP contribution in [0.3, 0.4) is 0 Å². The molecule has 0 aliphatic rings. The Morgan fingerprint density at radius 2 is 0.580 bits per heavy atom. The molecular formula is C69H134O17P2. The van der Waals surface area contributed by atoms with Crippen LogP contribution in [-0.4, -0.2) is 96.7 Å². The molecule has 3 N–H and O–H groups in total. The van der Waals surface area contributed by atoms with Crippen LogP contribution < -0.4 is 0 Å². The largest absolute Gasteiger partial charge is 0.472 e. The first-order chi connectivity index (χ1) is 42.3. The molecule has 3 unspecified atom stereocenters. The number of aliphatic hydroxyl groups excluding tert-OH is 1. The number of hydrogen-bond donors (Lipinski definition) is 3. The third kappa shape index (κ3) is 61.6. The molecule has 0 rings (SSSR count). The van der Waals surface area contributed by atoms with Crippen LogP contribution in [0.15, 0.2) is 0 Å². The van der Waals surface area contributed by atoms with Crippen molar-refractivity contribution in [1.29, 1.82) is 0 Å². The molecule has 522 valence electrons. The van der Waals surface area contributed by atoms with E-state index in [9.17, 15) is 43.2 Å². The highest BCUT2D eigenvalue weighted by molar-refractivity contribution is 7.47. The highest BCUT2D eigenvalue weighted by Crippen LogP contribution is 2.45. The van der Waals surface area contributed by atoms with E-state index in [0.717, 1.165) is 108 Å². The average molecular weight is 1300 g/mol. The first-order valence-corrected chi connectivity index (χ1v) is 38.9. The molecule has 19 heteroatoms. The molecule has 0 aromatic heterocycles. The number of ether oxygens (including phenoxy) is 4. The van der Waals surface area contributed by atoms with Gasteiger partial charge in [-0.05, 0) is 43.4 Å². The maximum Gasteiger partial charge on any atom is 0.472 e. The summed E-state index contributed by atoms with van der Waals surface area (Å²) >= 11 is 0. The van der Waals surface area contributed by atoms with E-state index >= 15 is 0 Å². The van der Waals surface area contributed by atoms with Gasteiger partial charge in [0, 0.05) is 25.7 Å². The molecule has 0 radical (unpaired) electrons. The molecule has 0 spiro atoms. The van der Waals surface area contributed by atoms with Gasteiger partial charge in [-0.15, -0.1) is 0 Å². The summed E-state index contributed by atoms with van der Waals surface area (Å²) < 4.78 is 68.2. The van der Waals surface area contributed by atoms with Crippen LogP contribution in [0.1, 0.15) is 344 Å². The topological polar surface area (TPSA) is 237 Å². The number of aliphatic hydroxyl groups is 1. The van der Waals surface area contributed by atoms with Gasteiger partial charge in [0.2, 0.25) is 0 Å². The molecule has 0 fully saturated rings. The van der Waals surface area contributed by atoms with Crippen molar-refractivity contribution in [2.75, 3.05) is 39.6 Å². The number of esters is 4. The summed E-state index contributed by atoms with van der Waals surface area (Å²) in [6.45, 7) is 11.8. The molecule has 0 bridgehead atoms. The van der Waals surface area contributed by atoms with Gasteiger partial charge < -0.3 is 33.8 Å². The number of rotatable bonds is 67. The monoisotopic (exact) mass is 1300 g/mol. The highest BCUT2D eigenvalue weighted by atomic mass is 31.2. The number of carbonyl (C=O) groups excluding carboxylic acids is 4. The van der Waals surface area contributed by atoms with Crippen molar-refractivity contribution in [2.24, 2.45) is 17.8 Å². The van der Waals surface area contributed by atoms with Gasteiger partial charge >= 0.3 is 39.5 Å². The fourth-order valence-corrected chi connectivity index (χ4v) is 11.9. The van der Waals surface area contributed by atoms with Crippen molar-refractivity contribution >= 4 is 39.5 Å². The zero-order valence-electron chi connectivity index (χ0n) is 57.2. The molecule has 88 heavy (non-hydrogen) atoms. The summed E-state index contributed by atoms with van der Waals surface area (Å²) in [7, 11) is -9.90. The smallest absolute Gasteiger partial charge is 0.462 e. The molecule has 6 atom stereocenters. The summed E-state index contributed by atoms with van der Waals surface area (Å²) in [6.07, 6.45) is 43.0. The standard InChI is InChI=1S/C69H134O17P2/c1-8-10-11-12-13-14-20-29-36-43-50-66(71)79-56-65(86-69(74)53-46-39-32-24-22-27-34-41-48-61(5)6)59-84-88(77,78)82-55-63(70)54-81-87(75,76)83-58-64(57-80-67(72)51-44-37-30-25-23-28-35-42-49-62(7)9-2)85-68(73)52-45-38-31-21-18-16-15-17-19-26-33-40-47-60(3)4/h60-65,70H,8-59H2,1-7H3,(H,75,76)(H,77,78)/t62?,63-,64-,65-/m1/s1. The Hall–Kier alpha value is -1.94. The van der Waals surface area contributed by atoms with Gasteiger partial charge in [0.05, 0.1) is 26.4 Å². The maximum absolute atomic E-state index is 13.0. The minimum Gasteiger partial charge on any atom is -0.462 e. The molecule has 0 saturated heterocycles. The zero-order valence-corrected chi connectivity index (χ0v) is 59.0. The van der Waals surface area contributed by atoms with E-state index < -0.39 is 97.5 Å². The second kappa shape index (κ2) is 60.0. The van der Waals surface area contributed by atoms with Crippen molar-refractivity contribution in [2.45, 2.75) is 362 Å². The lowest BCUT2D eigenvalue weighted by atomic mass is 9.99. The molecule has 0 saturated carbocycles. The van der Waals surface area contributed by atoms with E-state index in [0.29, 0.717) is 25.7 Å². The van der Waals surface area contributed by atoms with E-state index in [4.69, 9.17) is 37.0 Å². The Kier molecular flexibility index (Phi) is 58.7. The van der Waals surface area contributed by atoms with E-state index in [1.807, 2.05) is 0 Å². The van der Waals surface area contributed by atoms with Crippen molar-refractivity contribution in [1.82, 2.24) is 0 Å². The molecule has 17 nitrogen and oxygen atoms in total. The normalized spacial score (nSPS) is 14.5. The summed E-state index contributed by atoms with van der Waals surface area (Å²) in [6, 6.07) is 0. The van der Waals surface area contributed by atoms with Crippen LogP contribution in [0, 0.1) is 17.8 Å². The van der Waals surface area contributed by atoms with Crippen LogP contribution in [0.4, 0.5) is 0 Å². The van der Waals surface area contributed by atoms with Crippen molar-refractivity contribution in [3.05, 3.63) is 0 Å². The molecular weight excluding hydrogens is 1160 g/mol. The van der Waals surface area contributed by atoms with Crippen LogP contribution in [0.5, 0.6) is 0 Å². The Bertz CT molecular complexity index is 1730. The Morgan fingerprint density at radius 3 is 0.864 bits per heavy atom. The Labute approximate surface area is 537 Å². The van der Waals surface area contributed by atoms with E-state index in [2.05, 4.69) is 48.5 Å². The fourth-order valence-electron chi connectivity index (χ4n) is 10.3. The maximum atomic E-state index is 13.0. The summed E-state index contributed by atoms with van der Waals surface area (Å²) in [4.78, 5) is 72.5. The van der Waals surface area contributed by atoms with Gasteiger partial charge in [-0.3, -0.25) is 37.3 Å². The summed E-state index contributed by atoms with van der Waals surface area (Å²) in [5.41, 5.74) is 0. The molecule has 0 aromatic rings. The van der Waals surface area contributed by atoms with Crippen LogP contribution >= 0.6 is 15.6 Å². The minimum atomic E-state index is -4.95. The van der Waals surface area contributed by atoms with Gasteiger partial charge in [-0.1, -0.05) is 292 Å². The third-order valence-electron chi connectivity index (χ3n) is 16.2. The number of hydrogen-bond acceptors (Lipinski definition) is 15. The molecule has 0 amide bonds. The van der Waals surface area contributed by atoms with Gasteiger partial charge in [0.25, 0.3) is 0 Å². The lowest BCUT2D eigenvalue weighted by Crippen LogP contribution is -2.30. The lowest BCUT2D eigenvalue weighted by Gasteiger charge is -2.21. The summed E-state index contributed by atoms with van der Waals surface area (Å²) in [5, 5.41) is 10.6. The zero-order chi connectivity index (χ0) is 65.2. The average Bonchev–Trinajstić information content (AvgIpc) is 3.70. The van der Waals surface area contributed by atoms with E-state index in [1.165, 1.54) is 154 Å². The molecule has 0 aliphatic heterocycles. The lowest BCUT2D eigenvalue weighted by molar-refractivity contribution is -0.161. The van der Waals surface area contributed by atoms with Gasteiger partial charge in [-0.2, -0.15) is 0 Å². The number of phosphoric ester groups is 2. The number of unbranched alkanes of at least 4 members (excludes halogenated alkanes) is 34. The third-order valence-corrected chi connectivity index (χ3v) is 18.1. The van der Waals surface area contributed by atoms with Crippen molar-refractivity contribution in [3.63, 3.8) is 0 Å². The van der Waals surface area contributed by atoms with Crippen molar-refractivity contribution < 1.29 is 80.2 Å². The van der Waals surface area contributed by atoms with Crippen molar-refractivity contribution in [3.8, 4) is 0 Å². The van der Waals surface area contributed by atoms with Crippen LogP contribution in [0.25, 0.3) is 0 Å². The Morgan fingerprint density at radius 1 is 0.330 bits per heavy atom. The van der Waals surface area contributed by atoms with Gasteiger partial charge in [-0.25, -0.2) is 9.13 Å². The second-order valence-electron chi connectivity index (χ2n) is 26.1. The van der Waals surface area contributed by atoms with Crippen LogP contribution in [-0.2, 0) is 65.4 Å². The van der Waals surface area contributed by atoms with Crippen LogP contribution in [0.2, 0.25) is 0 Å². The Balaban J connectivity index is 5.26. The summed E-state index contributed by atoms with van der Waals surface area (Å²) in [5.74, 6) is 0.143. The fraction of sp³-hybridized carbons (Fsp3) is 0.942. The predicted molar refractivity (Wildman–Crippen MR) is 354 cm³/mol. The van der Waals surface area contributed by atoms with Gasteiger partial charge in [0.15, 0.2) is 12.2 Å². The molecule has 0 aliphatic carbocycles. The van der Waals surface area contributed by atoms with E-state index in [-0.39, 0.29) is 25.7 Å². The first-order valence-electron chi connectivity index (χ1n) is 35.9. The second-order valence-corrected chi connectivity index (χ2v) is 29.0. The quantitative estimate of drug-likeness (QED) is 0.0222. The van der Waals surface area contributed by atoms with E-state index in [1.54, 1.807) is 0 Å². The number of carbonyl (C=O) groups is 4. The molecule has 0 aromatic carbocycles.